The van der Waals surface area contributed by atoms with Crippen LogP contribution in [0.1, 0.15) is 79.8 Å². The molecule has 1 aromatic heterocycles. The van der Waals surface area contributed by atoms with Gasteiger partial charge in [-0.25, -0.2) is 0 Å². The van der Waals surface area contributed by atoms with Crippen LogP contribution in [0, 0.1) is 13.8 Å². The zero-order valence-corrected chi connectivity index (χ0v) is 18.0. The molecular weight excluding hydrogens is 338 g/mol. The van der Waals surface area contributed by atoms with E-state index >= 15 is 0 Å². The largest absolute Gasteiger partial charge is 0.221 e. The highest BCUT2D eigenvalue weighted by molar-refractivity contribution is 6.01. The van der Waals surface area contributed by atoms with Crippen molar-refractivity contribution in [3.05, 3.63) is 64.3 Å². The number of nitrogens with zero attached hydrogens (tertiary/aromatic N) is 1. The van der Waals surface area contributed by atoms with Gasteiger partial charge in [0.15, 0.2) is 5.69 Å². The molecule has 1 fully saturated rings. The quantitative estimate of drug-likeness (QED) is 0.423. The number of pyridine rings is 1. The first-order valence-electron chi connectivity index (χ1n) is 11.0. The Morgan fingerprint density at radius 1 is 0.929 bits per heavy atom. The third-order valence-corrected chi connectivity index (χ3v) is 7.59. The lowest BCUT2D eigenvalue weighted by atomic mass is 9.67. The predicted molar refractivity (Wildman–Crippen MR) is 118 cm³/mol. The highest BCUT2D eigenvalue weighted by atomic mass is 14.9. The lowest BCUT2D eigenvalue weighted by molar-refractivity contribution is -0.665. The van der Waals surface area contributed by atoms with E-state index in [1.165, 1.54) is 76.5 Å². The predicted octanol–water partition coefficient (Wildman–Crippen LogP) is 6.64. The summed E-state index contributed by atoms with van der Waals surface area (Å²) in [4.78, 5) is 0. The van der Waals surface area contributed by atoms with Crippen molar-refractivity contribution < 1.29 is 4.57 Å². The molecule has 0 bridgehead atoms. The zero-order chi connectivity index (χ0) is 19.6. The summed E-state index contributed by atoms with van der Waals surface area (Å²) < 4.78 is 2.41. The number of hydrogen-bond acceptors (Lipinski definition) is 0. The van der Waals surface area contributed by atoms with Crippen LogP contribution in [0.5, 0.6) is 0 Å². The van der Waals surface area contributed by atoms with Gasteiger partial charge in [0.25, 0.3) is 0 Å². The van der Waals surface area contributed by atoms with Gasteiger partial charge in [0, 0.05) is 18.4 Å². The molecular formula is C27H32N+. The van der Waals surface area contributed by atoms with Crippen molar-refractivity contribution in [1.29, 1.82) is 0 Å². The van der Waals surface area contributed by atoms with Crippen molar-refractivity contribution in [3.8, 4) is 11.3 Å². The fourth-order valence-corrected chi connectivity index (χ4v) is 5.84. The van der Waals surface area contributed by atoms with Gasteiger partial charge in [-0.15, -0.1) is 0 Å². The van der Waals surface area contributed by atoms with Crippen molar-refractivity contribution in [2.24, 2.45) is 7.05 Å². The molecule has 1 heteroatoms. The van der Waals surface area contributed by atoms with Crippen LogP contribution < -0.4 is 4.57 Å². The summed E-state index contributed by atoms with van der Waals surface area (Å²) in [5, 5.41) is 2.91. The first kappa shape index (κ1) is 17.9. The monoisotopic (exact) mass is 370 g/mol. The van der Waals surface area contributed by atoms with E-state index in [1.54, 1.807) is 5.56 Å². The van der Waals surface area contributed by atoms with Crippen LogP contribution in [-0.4, -0.2) is 0 Å². The van der Waals surface area contributed by atoms with Crippen LogP contribution >= 0.6 is 0 Å². The molecule has 0 radical (unpaired) electrons. The summed E-state index contributed by atoms with van der Waals surface area (Å²) in [6.45, 7) is 9.37. The van der Waals surface area contributed by atoms with E-state index in [4.69, 9.17) is 0 Å². The van der Waals surface area contributed by atoms with E-state index < -0.39 is 0 Å². The van der Waals surface area contributed by atoms with E-state index in [1.807, 2.05) is 0 Å². The Morgan fingerprint density at radius 2 is 1.68 bits per heavy atom. The van der Waals surface area contributed by atoms with Gasteiger partial charge in [0.2, 0.25) is 5.69 Å². The van der Waals surface area contributed by atoms with E-state index in [0.29, 0.717) is 0 Å². The maximum absolute atomic E-state index is 2.57. The zero-order valence-electron chi connectivity index (χ0n) is 18.0. The smallest absolute Gasteiger partial charge is 0.198 e. The normalized spacial score (nSPS) is 18.3. The maximum Gasteiger partial charge on any atom is 0.221 e. The number of benzene rings is 2. The number of aromatic nitrogens is 1. The summed E-state index contributed by atoms with van der Waals surface area (Å²) in [6, 6.07) is 14.4. The topological polar surface area (TPSA) is 3.88 Å². The molecule has 0 amide bonds. The third-order valence-electron chi connectivity index (χ3n) is 7.59. The first-order valence-corrected chi connectivity index (χ1v) is 11.0. The van der Waals surface area contributed by atoms with Crippen molar-refractivity contribution >= 4 is 10.8 Å². The van der Waals surface area contributed by atoms with Gasteiger partial charge < -0.3 is 0 Å². The summed E-state index contributed by atoms with van der Waals surface area (Å²) in [5.41, 5.74) is 10.2. The molecule has 2 aliphatic rings. The number of aryl methyl sites for hydroxylation is 2. The van der Waals surface area contributed by atoms with Gasteiger partial charge in [-0.05, 0) is 53.3 Å². The summed E-state index contributed by atoms with van der Waals surface area (Å²) in [6.07, 6.45) is 6.89. The summed E-state index contributed by atoms with van der Waals surface area (Å²) in [5.74, 6) is 0.738. The minimum Gasteiger partial charge on any atom is -0.198 e. The van der Waals surface area contributed by atoms with E-state index in [0.717, 1.165) is 5.92 Å². The molecule has 0 aliphatic heterocycles. The third kappa shape index (κ3) is 2.41. The van der Waals surface area contributed by atoms with Crippen LogP contribution in [-0.2, 0) is 12.5 Å². The lowest BCUT2D eigenvalue weighted by Gasteiger charge is -2.35. The van der Waals surface area contributed by atoms with Crippen LogP contribution in [0.4, 0.5) is 0 Å². The second kappa shape index (κ2) is 6.17. The van der Waals surface area contributed by atoms with Crippen LogP contribution in [0.2, 0.25) is 0 Å². The van der Waals surface area contributed by atoms with Crippen molar-refractivity contribution in [2.45, 2.75) is 71.1 Å². The van der Waals surface area contributed by atoms with Crippen molar-refractivity contribution in [1.82, 2.24) is 0 Å². The van der Waals surface area contributed by atoms with Gasteiger partial charge >= 0.3 is 0 Å². The second-order valence-electron chi connectivity index (χ2n) is 9.68. The molecule has 0 unspecified atom stereocenters. The Bertz CT molecular complexity index is 1100. The minimum absolute atomic E-state index is 0.0273. The number of hydrogen-bond donors (Lipinski definition) is 0. The van der Waals surface area contributed by atoms with Crippen LogP contribution in [0.3, 0.4) is 0 Å². The lowest BCUT2D eigenvalue weighted by Crippen LogP contribution is -2.38. The molecule has 0 N–H and O–H groups in total. The Balaban J connectivity index is 1.90. The van der Waals surface area contributed by atoms with Crippen molar-refractivity contribution in [3.63, 3.8) is 0 Å². The molecule has 0 saturated heterocycles. The van der Waals surface area contributed by atoms with E-state index in [-0.39, 0.29) is 5.41 Å². The Morgan fingerprint density at radius 3 is 2.43 bits per heavy atom. The van der Waals surface area contributed by atoms with Gasteiger partial charge in [-0.1, -0.05) is 63.4 Å². The van der Waals surface area contributed by atoms with E-state index in [2.05, 4.69) is 75.7 Å². The summed E-state index contributed by atoms with van der Waals surface area (Å²) >= 11 is 0. The van der Waals surface area contributed by atoms with Crippen LogP contribution in [0.25, 0.3) is 22.0 Å². The fraction of sp³-hybridized carbons (Fsp3) is 0.444. The number of rotatable bonds is 1. The standard InChI is InChI=1S/C27H32N/c1-17-10-9-13-22-24(17)26-25-21(14-18(2)28(26)5)15-20(16-23(25)27(22,3)4)19-11-7-6-8-12-19/h9-10,13-16,19H,6-8,11-12H2,1-5H3/q+1. The molecule has 1 nitrogen and oxygen atoms in total. The average molecular weight is 371 g/mol. The molecule has 1 heterocycles. The SMILES string of the molecule is Cc1cccc2c1-c1c3c(cc(C4CCCCC4)cc3cc(C)[n+]1C)C2(C)C. The first-order chi connectivity index (χ1) is 13.4. The molecule has 0 atom stereocenters. The summed E-state index contributed by atoms with van der Waals surface area (Å²) in [7, 11) is 2.23. The van der Waals surface area contributed by atoms with Gasteiger partial charge in [0.05, 0.1) is 10.9 Å². The fourth-order valence-electron chi connectivity index (χ4n) is 5.84. The number of fused-ring (bicyclic) bond motifs is 2. The average Bonchev–Trinajstić information content (AvgIpc) is 2.69. The molecule has 0 spiro atoms. The van der Waals surface area contributed by atoms with Crippen LogP contribution in [0.15, 0.2) is 36.4 Å². The highest BCUT2D eigenvalue weighted by Crippen LogP contribution is 2.49. The molecule has 1 saturated carbocycles. The Hall–Kier alpha value is -2.15. The Labute approximate surface area is 169 Å². The molecule has 5 rings (SSSR count). The Kier molecular flexibility index (Phi) is 3.95. The maximum atomic E-state index is 2.57. The van der Waals surface area contributed by atoms with Gasteiger partial charge in [-0.3, -0.25) is 0 Å². The van der Waals surface area contributed by atoms with Gasteiger partial charge in [0.1, 0.15) is 7.05 Å². The second-order valence-corrected chi connectivity index (χ2v) is 9.68. The molecule has 2 aromatic carbocycles. The molecule has 28 heavy (non-hydrogen) atoms. The minimum atomic E-state index is 0.0273. The van der Waals surface area contributed by atoms with E-state index in [9.17, 15) is 0 Å². The van der Waals surface area contributed by atoms with Crippen molar-refractivity contribution in [2.75, 3.05) is 0 Å². The molecule has 144 valence electrons. The molecule has 3 aromatic rings. The highest BCUT2D eigenvalue weighted by Gasteiger charge is 2.39. The molecule has 2 aliphatic carbocycles. The van der Waals surface area contributed by atoms with Gasteiger partial charge in [-0.2, -0.15) is 4.57 Å².